The van der Waals surface area contributed by atoms with Crippen molar-refractivity contribution >= 4 is 11.6 Å². The Morgan fingerprint density at radius 1 is 1.24 bits per heavy atom. The van der Waals surface area contributed by atoms with Gasteiger partial charge in [0.25, 0.3) is 0 Å². The van der Waals surface area contributed by atoms with E-state index in [1.165, 1.54) is 32.1 Å². The number of pyridine rings is 1. The second kappa shape index (κ2) is 4.73. The molecule has 0 saturated heterocycles. The summed E-state index contributed by atoms with van der Waals surface area (Å²) in [4.78, 5) is 4.44. The highest BCUT2D eigenvalue weighted by Gasteiger charge is 2.13. The van der Waals surface area contributed by atoms with Crippen molar-refractivity contribution in [1.29, 1.82) is 0 Å². The minimum absolute atomic E-state index is 0.752. The Balaban J connectivity index is 1.64. The molecule has 0 radical (unpaired) electrons. The molecule has 1 aliphatic rings. The number of anilines is 1. The molecule has 2 aromatic heterocycles. The van der Waals surface area contributed by atoms with Gasteiger partial charge in [-0.1, -0.05) is 25.3 Å². The third-order valence-corrected chi connectivity index (χ3v) is 3.51. The van der Waals surface area contributed by atoms with E-state index in [9.17, 15) is 0 Å². The maximum absolute atomic E-state index is 4.44. The fourth-order valence-electron chi connectivity index (χ4n) is 2.53. The van der Waals surface area contributed by atoms with Gasteiger partial charge < -0.3 is 5.32 Å². The number of rotatable bonds is 3. The van der Waals surface area contributed by atoms with E-state index >= 15 is 0 Å². The largest absolute Gasteiger partial charge is 0.353 e. The van der Waals surface area contributed by atoms with E-state index in [4.69, 9.17) is 0 Å². The molecule has 0 aromatic carbocycles. The van der Waals surface area contributed by atoms with Crippen molar-refractivity contribution in [3.8, 4) is 0 Å². The van der Waals surface area contributed by atoms with E-state index in [0.717, 1.165) is 24.1 Å². The number of hydrogen-bond acceptors (Lipinski definition) is 3. The second-order valence-corrected chi connectivity index (χ2v) is 4.82. The molecule has 0 unspecified atom stereocenters. The van der Waals surface area contributed by atoms with Gasteiger partial charge in [-0.15, -0.1) is 5.10 Å². The summed E-state index contributed by atoms with van der Waals surface area (Å²) in [5.74, 6) is 1.55. The van der Waals surface area contributed by atoms with E-state index in [2.05, 4.69) is 15.4 Å². The Labute approximate surface area is 101 Å². The molecule has 1 saturated carbocycles. The zero-order valence-electron chi connectivity index (χ0n) is 9.97. The van der Waals surface area contributed by atoms with Gasteiger partial charge >= 0.3 is 0 Å². The molecule has 0 atom stereocenters. The van der Waals surface area contributed by atoms with Crippen LogP contribution in [0.5, 0.6) is 0 Å². The Hall–Kier alpha value is -1.58. The molecule has 2 aromatic rings. The van der Waals surface area contributed by atoms with Crippen LogP contribution in [0.2, 0.25) is 0 Å². The van der Waals surface area contributed by atoms with Crippen LogP contribution in [0.4, 0.5) is 5.95 Å². The van der Waals surface area contributed by atoms with Crippen LogP contribution < -0.4 is 5.32 Å². The Kier molecular flexibility index (Phi) is 2.94. The first-order chi connectivity index (χ1) is 8.42. The highest BCUT2D eigenvalue weighted by molar-refractivity contribution is 5.42. The molecule has 0 bridgehead atoms. The number of hydrogen-bond donors (Lipinski definition) is 1. The average molecular weight is 230 g/mol. The van der Waals surface area contributed by atoms with E-state index in [-0.39, 0.29) is 0 Å². The molecule has 1 fully saturated rings. The van der Waals surface area contributed by atoms with Crippen molar-refractivity contribution < 1.29 is 0 Å². The van der Waals surface area contributed by atoms with Crippen LogP contribution in [0.15, 0.2) is 24.4 Å². The summed E-state index contributed by atoms with van der Waals surface area (Å²) in [6.45, 7) is 1.01. The normalized spacial score (nSPS) is 17.4. The fraction of sp³-hybridized carbons (Fsp3) is 0.538. The average Bonchev–Trinajstić information content (AvgIpc) is 2.80. The fourth-order valence-corrected chi connectivity index (χ4v) is 2.53. The lowest BCUT2D eigenvalue weighted by Crippen LogP contribution is -2.17. The van der Waals surface area contributed by atoms with Crippen LogP contribution in [0, 0.1) is 5.92 Å². The van der Waals surface area contributed by atoms with E-state index in [1.54, 1.807) is 0 Å². The van der Waals surface area contributed by atoms with Gasteiger partial charge in [0, 0.05) is 12.7 Å². The molecular formula is C13H18N4. The Bertz CT molecular complexity index is 452. The van der Waals surface area contributed by atoms with Crippen molar-refractivity contribution in [3.63, 3.8) is 0 Å². The quantitative estimate of drug-likeness (QED) is 0.881. The summed E-state index contributed by atoms with van der Waals surface area (Å²) in [6.07, 6.45) is 8.79. The van der Waals surface area contributed by atoms with Crippen molar-refractivity contribution in [3.05, 3.63) is 24.4 Å². The lowest BCUT2D eigenvalue weighted by molar-refractivity contribution is 0.373. The van der Waals surface area contributed by atoms with Crippen LogP contribution in [0.3, 0.4) is 0 Å². The first-order valence-corrected chi connectivity index (χ1v) is 6.47. The Morgan fingerprint density at radius 3 is 2.94 bits per heavy atom. The van der Waals surface area contributed by atoms with Gasteiger partial charge in [-0.2, -0.15) is 4.98 Å². The summed E-state index contributed by atoms with van der Waals surface area (Å²) < 4.78 is 1.81. The number of nitrogens with one attached hydrogen (secondary N) is 1. The van der Waals surface area contributed by atoms with Crippen LogP contribution >= 0.6 is 0 Å². The topological polar surface area (TPSA) is 42.2 Å². The van der Waals surface area contributed by atoms with Gasteiger partial charge in [0.05, 0.1) is 0 Å². The predicted molar refractivity (Wildman–Crippen MR) is 68.1 cm³/mol. The van der Waals surface area contributed by atoms with Gasteiger partial charge in [0.2, 0.25) is 5.95 Å². The molecule has 90 valence electrons. The molecule has 0 spiro atoms. The summed E-state index contributed by atoms with van der Waals surface area (Å²) in [5.41, 5.74) is 0.902. The first kappa shape index (κ1) is 10.6. The molecule has 3 rings (SSSR count). The molecular weight excluding hydrogens is 212 g/mol. The lowest BCUT2D eigenvalue weighted by atomic mass is 9.89. The van der Waals surface area contributed by atoms with Crippen LogP contribution in [-0.4, -0.2) is 21.1 Å². The molecule has 2 heterocycles. The number of nitrogens with zero attached hydrogens (tertiary/aromatic N) is 3. The van der Waals surface area contributed by atoms with Gasteiger partial charge in [0.1, 0.15) is 0 Å². The summed E-state index contributed by atoms with van der Waals surface area (Å²) in [5, 5.41) is 7.75. The lowest BCUT2D eigenvalue weighted by Gasteiger charge is -2.21. The summed E-state index contributed by atoms with van der Waals surface area (Å²) >= 11 is 0. The molecule has 0 aliphatic heterocycles. The first-order valence-electron chi connectivity index (χ1n) is 6.47. The van der Waals surface area contributed by atoms with E-state index in [0.29, 0.717) is 0 Å². The zero-order chi connectivity index (χ0) is 11.5. The van der Waals surface area contributed by atoms with Crippen molar-refractivity contribution in [1.82, 2.24) is 14.6 Å². The molecule has 1 aliphatic carbocycles. The zero-order valence-corrected chi connectivity index (χ0v) is 9.97. The SMILES string of the molecule is c1ccn2nc(NCC3CCCCC3)nc2c1. The van der Waals surface area contributed by atoms with E-state index < -0.39 is 0 Å². The minimum atomic E-state index is 0.752. The van der Waals surface area contributed by atoms with Crippen molar-refractivity contribution in [2.45, 2.75) is 32.1 Å². The molecule has 1 N–H and O–H groups in total. The minimum Gasteiger partial charge on any atom is -0.353 e. The van der Waals surface area contributed by atoms with Crippen LogP contribution in [-0.2, 0) is 0 Å². The van der Waals surface area contributed by atoms with Crippen molar-refractivity contribution in [2.75, 3.05) is 11.9 Å². The third kappa shape index (κ3) is 2.40. The standard InChI is InChI=1S/C13H18N4/c1-2-6-11(7-3-1)10-14-13-15-12-8-4-5-9-17(12)16-13/h4-5,8-9,11H,1-3,6-7,10H2,(H,14,16). The van der Waals surface area contributed by atoms with Gasteiger partial charge in [-0.25, -0.2) is 4.52 Å². The highest BCUT2D eigenvalue weighted by atomic mass is 15.3. The monoisotopic (exact) mass is 230 g/mol. The summed E-state index contributed by atoms with van der Waals surface area (Å²) in [6, 6.07) is 5.92. The highest BCUT2D eigenvalue weighted by Crippen LogP contribution is 2.23. The van der Waals surface area contributed by atoms with Gasteiger partial charge in [-0.3, -0.25) is 0 Å². The molecule has 4 heteroatoms. The number of aromatic nitrogens is 3. The second-order valence-electron chi connectivity index (χ2n) is 4.82. The maximum atomic E-state index is 4.44. The smallest absolute Gasteiger partial charge is 0.243 e. The molecule has 4 nitrogen and oxygen atoms in total. The predicted octanol–water partition coefficient (Wildman–Crippen LogP) is 2.72. The maximum Gasteiger partial charge on any atom is 0.243 e. The third-order valence-electron chi connectivity index (χ3n) is 3.51. The number of fused-ring (bicyclic) bond motifs is 1. The molecule has 17 heavy (non-hydrogen) atoms. The van der Waals surface area contributed by atoms with Crippen LogP contribution in [0.25, 0.3) is 5.65 Å². The summed E-state index contributed by atoms with van der Waals surface area (Å²) in [7, 11) is 0. The van der Waals surface area contributed by atoms with Gasteiger partial charge in [-0.05, 0) is 30.9 Å². The van der Waals surface area contributed by atoms with Crippen molar-refractivity contribution in [2.24, 2.45) is 5.92 Å². The van der Waals surface area contributed by atoms with E-state index in [1.807, 2.05) is 28.9 Å². The van der Waals surface area contributed by atoms with Crippen LogP contribution in [0.1, 0.15) is 32.1 Å². The molecule has 0 amide bonds. The Morgan fingerprint density at radius 2 is 2.12 bits per heavy atom. The van der Waals surface area contributed by atoms with Gasteiger partial charge in [0.15, 0.2) is 5.65 Å².